The van der Waals surface area contributed by atoms with Gasteiger partial charge < -0.3 is 14.4 Å². The Kier molecular flexibility index (Phi) is 4.54. The second-order valence-corrected chi connectivity index (χ2v) is 4.59. The van der Waals surface area contributed by atoms with E-state index in [9.17, 15) is 4.79 Å². The number of rotatable bonds is 3. The predicted octanol–water partition coefficient (Wildman–Crippen LogP) is 1.33. The first-order valence-corrected chi connectivity index (χ1v) is 6.83. The summed E-state index contributed by atoms with van der Waals surface area (Å²) in [5, 5.41) is 0.696. The molecule has 1 aromatic heterocycles. The van der Waals surface area contributed by atoms with Crippen molar-refractivity contribution in [1.82, 2.24) is 9.88 Å². The Bertz CT molecular complexity index is 428. The summed E-state index contributed by atoms with van der Waals surface area (Å²) < 4.78 is 10.5. The molecule has 0 aromatic carbocycles. The highest BCUT2D eigenvalue weighted by Gasteiger charge is 2.29. The van der Waals surface area contributed by atoms with Gasteiger partial charge in [-0.05, 0) is 12.1 Å². The molecule has 0 radical (unpaired) electrons. The van der Waals surface area contributed by atoms with Crippen molar-refractivity contribution in [1.29, 1.82) is 0 Å². The highest BCUT2D eigenvalue weighted by molar-refractivity contribution is 9.09. The molecule has 5 nitrogen and oxygen atoms in total. The standard InChI is InChI=1S/C12H15BrN2O3/c1-17-11-10(3-2-4-14-11)12(16)15-5-6-18-8-9(15)7-13/h2-4,9H,5-8H2,1H3. The first-order valence-electron chi connectivity index (χ1n) is 5.71. The lowest BCUT2D eigenvalue weighted by atomic mass is 10.2. The maximum Gasteiger partial charge on any atom is 0.259 e. The van der Waals surface area contributed by atoms with Crippen molar-refractivity contribution < 1.29 is 14.3 Å². The summed E-state index contributed by atoms with van der Waals surface area (Å²) >= 11 is 3.41. The van der Waals surface area contributed by atoms with Crippen LogP contribution < -0.4 is 4.74 Å². The van der Waals surface area contributed by atoms with E-state index in [0.29, 0.717) is 36.5 Å². The van der Waals surface area contributed by atoms with Gasteiger partial charge in [0.25, 0.3) is 5.91 Å². The summed E-state index contributed by atoms with van der Waals surface area (Å²) in [6.45, 7) is 1.71. The Morgan fingerprint density at radius 2 is 2.56 bits per heavy atom. The Morgan fingerprint density at radius 3 is 3.28 bits per heavy atom. The number of carbonyl (C=O) groups excluding carboxylic acids is 1. The summed E-state index contributed by atoms with van der Waals surface area (Å²) in [4.78, 5) is 18.3. The summed E-state index contributed by atoms with van der Waals surface area (Å²) in [7, 11) is 1.51. The van der Waals surface area contributed by atoms with Crippen LogP contribution >= 0.6 is 15.9 Å². The van der Waals surface area contributed by atoms with Crippen LogP contribution in [-0.4, -0.2) is 54.0 Å². The molecule has 18 heavy (non-hydrogen) atoms. The largest absolute Gasteiger partial charge is 0.480 e. The fourth-order valence-electron chi connectivity index (χ4n) is 1.92. The van der Waals surface area contributed by atoms with E-state index in [-0.39, 0.29) is 11.9 Å². The molecule has 1 amide bonds. The van der Waals surface area contributed by atoms with Crippen LogP contribution in [0.1, 0.15) is 10.4 Å². The number of morpholine rings is 1. The molecule has 1 aromatic rings. The molecule has 0 saturated carbocycles. The fraction of sp³-hybridized carbons (Fsp3) is 0.500. The number of nitrogens with zero attached hydrogens (tertiary/aromatic N) is 2. The molecule has 6 heteroatoms. The number of aromatic nitrogens is 1. The zero-order valence-electron chi connectivity index (χ0n) is 10.1. The van der Waals surface area contributed by atoms with Gasteiger partial charge in [-0.25, -0.2) is 4.98 Å². The number of halogens is 1. The molecule has 1 unspecified atom stereocenters. The maximum absolute atomic E-state index is 12.5. The van der Waals surface area contributed by atoms with Gasteiger partial charge in [0.1, 0.15) is 5.56 Å². The Hall–Kier alpha value is -1.14. The summed E-state index contributed by atoms with van der Waals surface area (Å²) in [6, 6.07) is 3.52. The lowest BCUT2D eigenvalue weighted by Gasteiger charge is -2.34. The zero-order valence-corrected chi connectivity index (χ0v) is 11.7. The van der Waals surface area contributed by atoms with Crippen molar-refractivity contribution in [3.05, 3.63) is 23.9 Å². The number of ether oxygens (including phenoxy) is 2. The van der Waals surface area contributed by atoms with Gasteiger partial charge >= 0.3 is 0 Å². The Balaban J connectivity index is 2.24. The van der Waals surface area contributed by atoms with Crippen molar-refractivity contribution >= 4 is 21.8 Å². The quantitative estimate of drug-likeness (QED) is 0.790. The van der Waals surface area contributed by atoms with E-state index >= 15 is 0 Å². The second kappa shape index (κ2) is 6.15. The molecule has 2 rings (SSSR count). The minimum absolute atomic E-state index is 0.0520. The first kappa shape index (κ1) is 13.3. The third kappa shape index (κ3) is 2.64. The summed E-state index contributed by atoms with van der Waals surface area (Å²) in [5.74, 6) is 0.301. The van der Waals surface area contributed by atoms with Gasteiger partial charge in [-0.1, -0.05) is 15.9 Å². The van der Waals surface area contributed by atoms with Gasteiger partial charge in [-0.15, -0.1) is 0 Å². The minimum Gasteiger partial charge on any atom is -0.480 e. The number of hydrogen-bond acceptors (Lipinski definition) is 4. The highest BCUT2D eigenvalue weighted by Crippen LogP contribution is 2.19. The predicted molar refractivity (Wildman–Crippen MR) is 70.2 cm³/mol. The molecule has 1 saturated heterocycles. The molecule has 98 valence electrons. The number of hydrogen-bond donors (Lipinski definition) is 0. The van der Waals surface area contributed by atoms with Gasteiger partial charge in [-0.3, -0.25) is 4.79 Å². The van der Waals surface area contributed by atoms with Crippen LogP contribution in [-0.2, 0) is 4.74 Å². The first-order chi connectivity index (χ1) is 8.77. The van der Waals surface area contributed by atoms with E-state index in [4.69, 9.17) is 9.47 Å². The average molecular weight is 315 g/mol. The molecule has 0 N–H and O–H groups in total. The average Bonchev–Trinajstić information content (AvgIpc) is 2.46. The highest BCUT2D eigenvalue weighted by atomic mass is 79.9. The molecule has 1 aliphatic rings. The number of amides is 1. The van der Waals surface area contributed by atoms with E-state index in [1.807, 2.05) is 0 Å². The van der Waals surface area contributed by atoms with Crippen LogP contribution in [0.5, 0.6) is 5.88 Å². The van der Waals surface area contributed by atoms with Crippen LogP contribution in [0.3, 0.4) is 0 Å². The van der Waals surface area contributed by atoms with Gasteiger partial charge in [0, 0.05) is 18.1 Å². The van der Waals surface area contributed by atoms with Gasteiger partial charge in [0.05, 0.1) is 26.4 Å². The van der Waals surface area contributed by atoms with Crippen molar-refractivity contribution in [2.45, 2.75) is 6.04 Å². The second-order valence-electron chi connectivity index (χ2n) is 3.94. The lowest BCUT2D eigenvalue weighted by Crippen LogP contribution is -2.49. The van der Waals surface area contributed by atoms with Crippen molar-refractivity contribution in [3.8, 4) is 5.88 Å². The van der Waals surface area contributed by atoms with Crippen LogP contribution in [0.25, 0.3) is 0 Å². The monoisotopic (exact) mass is 314 g/mol. The Morgan fingerprint density at radius 1 is 1.72 bits per heavy atom. The summed E-state index contributed by atoms with van der Waals surface area (Å²) in [5.41, 5.74) is 0.493. The van der Waals surface area contributed by atoms with Crippen LogP contribution in [0.4, 0.5) is 0 Å². The third-order valence-corrected chi connectivity index (χ3v) is 3.61. The number of alkyl halides is 1. The van der Waals surface area contributed by atoms with Gasteiger partial charge in [0.2, 0.25) is 5.88 Å². The molecule has 0 bridgehead atoms. The normalized spacial score (nSPS) is 19.7. The molecule has 1 aliphatic heterocycles. The smallest absolute Gasteiger partial charge is 0.259 e. The molecule has 0 spiro atoms. The van der Waals surface area contributed by atoms with Crippen molar-refractivity contribution in [2.24, 2.45) is 0 Å². The Labute approximate surface area is 114 Å². The van der Waals surface area contributed by atoms with Crippen LogP contribution in [0.2, 0.25) is 0 Å². The van der Waals surface area contributed by atoms with E-state index in [0.717, 1.165) is 0 Å². The zero-order chi connectivity index (χ0) is 13.0. The van der Waals surface area contributed by atoms with Crippen molar-refractivity contribution in [2.75, 3.05) is 32.2 Å². The van der Waals surface area contributed by atoms with E-state index < -0.39 is 0 Å². The number of pyridine rings is 1. The molecular weight excluding hydrogens is 300 g/mol. The lowest BCUT2D eigenvalue weighted by molar-refractivity contribution is 0.00505. The van der Waals surface area contributed by atoms with Crippen LogP contribution in [0, 0.1) is 0 Å². The number of carbonyl (C=O) groups is 1. The maximum atomic E-state index is 12.5. The van der Waals surface area contributed by atoms with Gasteiger partial charge in [-0.2, -0.15) is 0 Å². The SMILES string of the molecule is COc1ncccc1C(=O)N1CCOCC1CBr. The summed E-state index contributed by atoms with van der Waals surface area (Å²) in [6.07, 6.45) is 1.61. The third-order valence-electron chi connectivity index (χ3n) is 2.86. The topological polar surface area (TPSA) is 51.7 Å². The van der Waals surface area contributed by atoms with E-state index in [2.05, 4.69) is 20.9 Å². The molecule has 1 atom stereocenters. The van der Waals surface area contributed by atoms with Gasteiger partial charge in [0.15, 0.2) is 0 Å². The van der Waals surface area contributed by atoms with E-state index in [1.54, 1.807) is 23.2 Å². The fourth-order valence-corrected chi connectivity index (χ4v) is 2.46. The molecular formula is C12H15BrN2O3. The minimum atomic E-state index is -0.0623. The van der Waals surface area contributed by atoms with Crippen molar-refractivity contribution in [3.63, 3.8) is 0 Å². The molecule has 2 heterocycles. The number of methoxy groups -OCH3 is 1. The molecule has 0 aliphatic carbocycles. The van der Waals surface area contributed by atoms with E-state index in [1.165, 1.54) is 7.11 Å². The van der Waals surface area contributed by atoms with Crippen LogP contribution in [0.15, 0.2) is 18.3 Å². The molecule has 1 fully saturated rings.